The summed E-state index contributed by atoms with van der Waals surface area (Å²) in [5, 5.41) is 13.0. The highest BCUT2D eigenvalue weighted by Gasteiger charge is 2.47. The van der Waals surface area contributed by atoms with Gasteiger partial charge < -0.3 is 10.1 Å². The Balaban J connectivity index is 2.15. The van der Waals surface area contributed by atoms with Gasteiger partial charge >= 0.3 is 0 Å². The quantitative estimate of drug-likeness (QED) is 0.732. The first-order valence-electron chi connectivity index (χ1n) is 8.45. The average Bonchev–Trinajstić information content (AvgIpc) is 3.16. The Kier molecular flexibility index (Phi) is 5.86. The van der Waals surface area contributed by atoms with Gasteiger partial charge in [-0.2, -0.15) is 9.57 Å². The maximum atomic E-state index is 13.7. The number of nitrogens with one attached hydrogen (secondary N) is 1. The summed E-state index contributed by atoms with van der Waals surface area (Å²) in [5.74, 6) is 0.246. The number of nitriles is 1. The first kappa shape index (κ1) is 19.8. The van der Waals surface area contributed by atoms with E-state index < -0.39 is 15.6 Å². The largest absolute Gasteiger partial charge is 0.495 e. The van der Waals surface area contributed by atoms with E-state index in [0.717, 1.165) is 5.56 Å². The molecule has 1 fully saturated rings. The fourth-order valence-electron chi connectivity index (χ4n) is 3.23. The van der Waals surface area contributed by atoms with E-state index >= 15 is 0 Å². The number of rotatable bonds is 6. The second-order valence-electron chi connectivity index (χ2n) is 6.36. The highest BCUT2D eigenvalue weighted by Crippen LogP contribution is 2.36. The molecule has 27 heavy (non-hydrogen) atoms. The molecule has 142 valence electrons. The van der Waals surface area contributed by atoms with Gasteiger partial charge in [0.1, 0.15) is 16.2 Å². The number of nitrogens with zero attached hydrogens (tertiary/aromatic N) is 2. The zero-order valence-corrected chi connectivity index (χ0v) is 17.3. The van der Waals surface area contributed by atoms with E-state index in [4.69, 9.17) is 4.74 Å². The van der Waals surface area contributed by atoms with Crippen molar-refractivity contribution in [3.63, 3.8) is 0 Å². The molecule has 0 radical (unpaired) electrons. The number of benzene rings is 2. The van der Waals surface area contributed by atoms with Crippen molar-refractivity contribution >= 4 is 26.0 Å². The molecule has 1 N–H and O–H groups in total. The van der Waals surface area contributed by atoms with Crippen molar-refractivity contribution in [1.29, 1.82) is 5.26 Å². The van der Waals surface area contributed by atoms with E-state index in [1.165, 1.54) is 17.5 Å². The second-order valence-corrected chi connectivity index (χ2v) is 9.11. The molecule has 0 saturated carbocycles. The maximum Gasteiger partial charge on any atom is 0.248 e. The van der Waals surface area contributed by atoms with Crippen LogP contribution in [0.4, 0.5) is 0 Å². The van der Waals surface area contributed by atoms with Gasteiger partial charge in [-0.15, -0.1) is 0 Å². The first-order valence-corrected chi connectivity index (χ1v) is 10.7. The Bertz CT molecular complexity index is 952. The van der Waals surface area contributed by atoms with Crippen LogP contribution in [0.15, 0.2) is 57.9 Å². The van der Waals surface area contributed by atoms with E-state index in [1.54, 1.807) is 12.1 Å². The van der Waals surface area contributed by atoms with Crippen LogP contribution < -0.4 is 10.1 Å². The monoisotopic (exact) mass is 449 g/mol. The van der Waals surface area contributed by atoms with Crippen molar-refractivity contribution in [2.45, 2.75) is 23.4 Å². The van der Waals surface area contributed by atoms with Crippen LogP contribution in [0, 0.1) is 11.3 Å². The topological polar surface area (TPSA) is 82.4 Å². The van der Waals surface area contributed by atoms with Crippen LogP contribution in [0.1, 0.15) is 12.0 Å². The summed E-state index contributed by atoms with van der Waals surface area (Å²) in [7, 11) is -2.57. The molecular formula is C19H20BrN3O3S. The van der Waals surface area contributed by atoms with Gasteiger partial charge in [-0.3, -0.25) is 0 Å². The van der Waals surface area contributed by atoms with E-state index in [1.807, 2.05) is 30.3 Å². The number of methoxy groups -OCH3 is 1. The Morgan fingerprint density at radius 2 is 2.04 bits per heavy atom. The van der Waals surface area contributed by atoms with Gasteiger partial charge in [-0.05, 0) is 36.7 Å². The fourth-order valence-corrected chi connectivity index (χ4v) is 5.64. The van der Waals surface area contributed by atoms with Crippen LogP contribution in [-0.4, -0.2) is 38.5 Å². The summed E-state index contributed by atoms with van der Waals surface area (Å²) in [5.41, 5.74) is -0.335. The van der Waals surface area contributed by atoms with Crippen molar-refractivity contribution in [2.75, 3.05) is 20.2 Å². The first-order chi connectivity index (χ1) is 12.9. The van der Waals surface area contributed by atoms with Gasteiger partial charge in [0.05, 0.1) is 13.2 Å². The van der Waals surface area contributed by atoms with Crippen LogP contribution in [0.5, 0.6) is 5.75 Å². The van der Waals surface area contributed by atoms with Gasteiger partial charge in [-0.1, -0.05) is 46.3 Å². The normalized spacial score (nSPS) is 19.8. The van der Waals surface area contributed by atoms with Crippen molar-refractivity contribution in [2.24, 2.45) is 0 Å². The standard InChI is InChI=1S/C19H20BrN3O3S/c1-26-17-8-7-16(20)11-18(17)27(24,25)23(12-15-5-3-2-4-6-15)19(13-21)9-10-22-14-19/h2-8,11,22H,9-10,12,14H2,1H3/t19-/m0/s1. The minimum atomic E-state index is -4.00. The van der Waals surface area contributed by atoms with Gasteiger partial charge in [0.25, 0.3) is 0 Å². The van der Waals surface area contributed by atoms with Crippen molar-refractivity contribution in [1.82, 2.24) is 9.62 Å². The Hall–Kier alpha value is -1.92. The molecule has 1 aliphatic rings. The summed E-state index contributed by atoms with van der Waals surface area (Å²) in [4.78, 5) is 0.0387. The Labute approximate surface area is 167 Å². The smallest absolute Gasteiger partial charge is 0.248 e. The van der Waals surface area contributed by atoms with Crippen LogP contribution in [0.2, 0.25) is 0 Å². The molecule has 8 heteroatoms. The van der Waals surface area contributed by atoms with Gasteiger partial charge in [0.15, 0.2) is 0 Å². The second kappa shape index (κ2) is 7.98. The van der Waals surface area contributed by atoms with Crippen molar-refractivity contribution < 1.29 is 13.2 Å². The molecule has 0 unspecified atom stereocenters. The molecule has 1 heterocycles. The summed E-state index contributed by atoms with van der Waals surface area (Å²) in [6.07, 6.45) is 0.423. The number of sulfonamides is 1. The predicted octanol–water partition coefficient (Wildman–Crippen LogP) is 2.90. The molecule has 0 spiro atoms. The van der Waals surface area contributed by atoms with Gasteiger partial charge in [0.2, 0.25) is 10.0 Å². The molecule has 3 rings (SSSR count). The van der Waals surface area contributed by atoms with Crippen LogP contribution in [0.3, 0.4) is 0 Å². The number of hydrogen-bond donors (Lipinski definition) is 1. The zero-order valence-electron chi connectivity index (χ0n) is 14.9. The molecule has 2 aromatic carbocycles. The number of ether oxygens (including phenoxy) is 1. The highest BCUT2D eigenvalue weighted by atomic mass is 79.9. The van der Waals surface area contributed by atoms with Crippen LogP contribution in [-0.2, 0) is 16.6 Å². The lowest BCUT2D eigenvalue weighted by atomic mass is 10.0. The summed E-state index contributed by atoms with van der Waals surface area (Å²) in [6.45, 7) is 0.976. The lowest BCUT2D eigenvalue weighted by Gasteiger charge is -2.34. The molecule has 0 aliphatic carbocycles. The number of hydrogen-bond acceptors (Lipinski definition) is 5. The highest BCUT2D eigenvalue weighted by molar-refractivity contribution is 9.10. The summed E-state index contributed by atoms with van der Waals surface area (Å²) < 4.78 is 34.6. The van der Waals surface area contributed by atoms with Crippen LogP contribution in [0.25, 0.3) is 0 Å². The van der Waals surface area contributed by atoms with Crippen molar-refractivity contribution in [3.8, 4) is 11.8 Å². The van der Waals surface area contributed by atoms with Crippen LogP contribution >= 0.6 is 15.9 Å². The molecule has 1 atom stereocenters. The van der Waals surface area contributed by atoms with E-state index in [9.17, 15) is 13.7 Å². The molecule has 0 bridgehead atoms. The molecule has 6 nitrogen and oxygen atoms in total. The summed E-state index contributed by atoms with van der Waals surface area (Å²) in [6, 6.07) is 16.4. The van der Waals surface area contributed by atoms with E-state index in [-0.39, 0.29) is 23.7 Å². The third-order valence-corrected chi connectivity index (χ3v) is 7.11. The Morgan fingerprint density at radius 1 is 1.30 bits per heavy atom. The van der Waals surface area contributed by atoms with E-state index in [0.29, 0.717) is 17.4 Å². The SMILES string of the molecule is COc1ccc(Br)cc1S(=O)(=O)N(Cc1ccccc1)[C@]1(C#N)CCNC1. The van der Waals surface area contributed by atoms with E-state index in [2.05, 4.69) is 27.3 Å². The lowest BCUT2D eigenvalue weighted by molar-refractivity contribution is 0.259. The minimum Gasteiger partial charge on any atom is -0.495 e. The molecule has 1 saturated heterocycles. The fraction of sp³-hybridized carbons (Fsp3) is 0.316. The Morgan fingerprint density at radius 3 is 2.63 bits per heavy atom. The molecule has 0 aromatic heterocycles. The predicted molar refractivity (Wildman–Crippen MR) is 106 cm³/mol. The van der Waals surface area contributed by atoms with Gasteiger partial charge in [0, 0.05) is 17.6 Å². The molecule has 2 aromatic rings. The molecule has 0 amide bonds. The third kappa shape index (κ3) is 3.87. The lowest BCUT2D eigenvalue weighted by Crippen LogP contribution is -2.51. The third-order valence-electron chi connectivity index (χ3n) is 4.68. The maximum absolute atomic E-state index is 13.7. The molecule has 1 aliphatic heterocycles. The number of halogens is 1. The van der Waals surface area contributed by atoms with Gasteiger partial charge in [-0.25, -0.2) is 8.42 Å². The zero-order chi connectivity index (χ0) is 19.5. The summed E-state index contributed by atoms with van der Waals surface area (Å²) >= 11 is 3.33. The molecular weight excluding hydrogens is 430 g/mol. The average molecular weight is 450 g/mol. The minimum absolute atomic E-state index is 0.0387. The van der Waals surface area contributed by atoms with Crippen molar-refractivity contribution in [3.05, 3.63) is 58.6 Å².